The number of carbonyl (C=O) groups is 4. The first-order valence-corrected chi connectivity index (χ1v) is 9.90. The van der Waals surface area contributed by atoms with Crippen LogP contribution in [0.25, 0.3) is 0 Å². The molecule has 0 bridgehead atoms. The van der Waals surface area contributed by atoms with Crippen LogP contribution in [-0.2, 0) is 25.6 Å². The minimum atomic E-state index is -1.31. The summed E-state index contributed by atoms with van der Waals surface area (Å²) >= 11 is 0. The molecule has 0 spiro atoms. The Labute approximate surface area is 184 Å². The van der Waals surface area contributed by atoms with Crippen LogP contribution in [0.15, 0.2) is 54.6 Å². The molecule has 0 radical (unpaired) electrons. The Hall–Kier alpha value is -3.79. The molecule has 0 unspecified atom stereocenters. The molecule has 0 saturated heterocycles. The van der Waals surface area contributed by atoms with Gasteiger partial charge in [0, 0.05) is 12.1 Å². The van der Waals surface area contributed by atoms with E-state index in [1.165, 1.54) is 31.2 Å². The van der Waals surface area contributed by atoms with Gasteiger partial charge in [-0.1, -0.05) is 30.3 Å². The molecule has 9 nitrogen and oxygen atoms in total. The van der Waals surface area contributed by atoms with Crippen molar-refractivity contribution in [2.24, 2.45) is 11.5 Å². The van der Waals surface area contributed by atoms with Crippen molar-refractivity contribution in [1.82, 2.24) is 10.6 Å². The zero-order valence-electron chi connectivity index (χ0n) is 17.5. The highest BCUT2D eigenvalue weighted by molar-refractivity contribution is 5.98. The normalized spacial score (nSPS) is 13.3. The van der Waals surface area contributed by atoms with E-state index in [1.807, 2.05) is 0 Å². The summed E-state index contributed by atoms with van der Waals surface area (Å²) in [6.45, 7) is 1.42. The molecule has 7 N–H and O–H groups in total. The molecule has 0 fully saturated rings. The third kappa shape index (κ3) is 7.80. The largest absolute Gasteiger partial charge is 0.368 e. The van der Waals surface area contributed by atoms with Crippen LogP contribution in [-0.4, -0.2) is 41.8 Å². The van der Waals surface area contributed by atoms with Gasteiger partial charge in [0.2, 0.25) is 23.6 Å². The van der Waals surface area contributed by atoms with Gasteiger partial charge >= 0.3 is 0 Å². The minimum Gasteiger partial charge on any atom is -0.368 e. The second kappa shape index (κ2) is 11.6. The summed E-state index contributed by atoms with van der Waals surface area (Å²) in [6.07, 6.45) is -0.309. The first kappa shape index (κ1) is 24.5. The number of anilines is 1. The van der Waals surface area contributed by atoms with E-state index in [9.17, 15) is 23.6 Å². The van der Waals surface area contributed by atoms with Gasteiger partial charge in [0.05, 0.1) is 12.5 Å². The van der Waals surface area contributed by atoms with Crippen molar-refractivity contribution in [2.45, 2.75) is 37.9 Å². The summed E-state index contributed by atoms with van der Waals surface area (Å²) in [5, 5.41) is 7.40. The topological polar surface area (TPSA) is 156 Å². The molecule has 2 rings (SSSR count). The lowest BCUT2D eigenvalue weighted by Gasteiger charge is -2.22. The van der Waals surface area contributed by atoms with Crippen molar-refractivity contribution in [3.63, 3.8) is 0 Å². The highest BCUT2D eigenvalue weighted by Crippen LogP contribution is 2.10. The average Bonchev–Trinajstić information content (AvgIpc) is 2.74. The SMILES string of the molecule is C[C@H](N)C(=O)N[C@@H](CC(=O)Nc1ccc(F)cc1)C(=O)N[C@@H](Cc1ccccc1)C(N)=O. The van der Waals surface area contributed by atoms with E-state index in [4.69, 9.17) is 11.5 Å². The third-order valence-electron chi connectivity index (χ3n) is 4.51. The quantitative estimate of drug-likeness (QED) is 0.355. The molecule has 0 aliphatic carbocycles. The summed E-state index contributed by atoms with van der Waals surface area (Å²) < 4.78 is 13.0. The molecular formula is C22H26FN5O4. The predicted molar refractivity (Wildman–Crippen MR) is 116 cm³/mol. The lowest BCUT2D eigenvalue weighted by Crippen LogP contribution is -2.56. The Morgan fingerprint density at radius 3 is 2.06 bits per heavy atom. The molecular weight excluding hydrogens is 417 g/mol. The van der Waals surface area contributed by atoms with Gasteiger partial charge in [-0.2, -0.15) is 0 Å². The van der Waals surface area contributed by atoms with E-state index >= 15 is 0 Å². The fourth-order valence-electron chi connectivity index (χ4n) is 2.79. The molecule has 3 atom stereocenters. The van der Waals surface area contributed by atoms with Gasteiger partial charge in [-0.3, -0.25) is 19.2 Å². The van der Waals surface area contributed by atoms with Crippen LogP contribution in [0.2, 0.25) is 0 Å². The summed E-state index contributed by atoms with van der Waals surface area (Å²) in [5.74, 6) is -3.28. The number of benzene rings is 2. The Bertz CT molecular complexity index is 951. The van der Waals surface area contributed by atoms with Crippen LogP contribution in [0.1, 0.15) is 18.9 Å². The Balaban J connectivity index is 2.11. The van der Waals surface area contributed by atoms with E-state index in [-0.39, 0.29) is 6.42 Å². The molecule has 2 aromatic carbocycles. The lowest BCUT2D eigenvalue weighted by atomic mass is 10.0. The van der Waals surface area contributed by atoms with Crippen LogP contribution in [0.3, 0.4) is 0 Å². The molecule has 0 heterocycles. The van der Waals surface area contributed by atoms with Crippen LogP contribution in [0, 0.1) is 5.82 Å². The van der Waals surface area contributed by atoms with Crippen LogP contribution >= 0.6 is 0 Å². The van der Waals surface area contributed by atoms with Crippen molar-refractivity contribution in [1.29, 1.82) is 0 Å². The first-order chi connectivity index (χ1) is 15.2. The summed E-state index contributed by atoms with van der Waals surface area (Å²) in [6, 6.07) is 10.6. The Kier molecular flexibility index (Phi) is 8.84. The van der Waals surface area contributed by atoms with Gasteiger partial charge in [-0.15, -0.1) is 0 Å². The third-order valence-corrected chi connectivity index (χ3v) is 4.51. The highest BCUT2D eigenvalue weighted by atomic mass is 19.1. The number of rotatable bonds is 10. The van der Waals surface area contributed by atoms with Crippen molar-refractivity contribution in [2.75, 3.05) is 5.32 Å². The van der Waals surface area contributed by atoms with Crippen molar-refractivity contribution < 1.29 is 23.6 Å². The number of nitrogens with two attached hydrogens (primary N) is 2. The standard InChI is InChI=1S/C22H26FN5O4/c1-13(24)21(31)28-18(12-19(29)26-16-9-7-15(23)8-10-16)22(32)27-17(20(25)30)11-14-5-3-2-4-6-14/h2-10,13,17-18H,11-12,24H2,1H3,(H2,25,30)(H,26,29)(H,27,32)(H,28,31)/t13-,17-,18-/m0/s1. The van der Waals surface area contributed by atoms with Gasteiger partial charge in [-0.25, -0.2) is 4.39 Å². The number of hydrogen-bond acceptors (Lipinski definition) is 5. The monoisotopic (exact) mass is 443 g/mol. The van der Waals surface area contributed by atoms with Gasteiger partial charge in [0.15, 0.2) is 0 Å². The number of amides is 4. The van der Waals surface area contributed by atoms with E-state index < -0.39 is 54.0 Å². The maximum Gasteiger partial charge on any atom is 0.243 e. The van der Waals surface area contributed by atoms with E-state index in [1.54, 1.807) is 30.3 Å². The van der Waals surface area contributed by atoms with Gasteiger partial charge in [0.1, 0.15) is 17.9 Å². The number of hydrogen-bond donors (Lipinski definition) is 5. The molecule has 2 aromatic rings. The minimum absolute atomic E-state index is 0.137. The number of nitrogens with one attached hydrogen (secondary N) is 3. The van der Waals surface area contributed by atoms with E-state index in [2.05, 4.69) is 16.0 Å². The highest BCUT2D eigenvalue weighted by Gasteiger charge is 2.28. The summed E-state index contributed by atoms with van der Waals surface area (Å²) in [7, 11) is 0. The number of halogens is 1. The van der Waals surface area contributed by atoms with Crippen molar-refractivity contribution in [3.8, 4) is 0 Å². The van der Waals surface area contributed by atoms with Gasteiger partial charge in [-0.05, 0) is 36.8 Å². The van der Waals surface area contributed by atoms with Crippen molar-refractivity contribution in [3.05, 3.63) is 66.0 Å². The second-order valence-electron chi connectivity index (χ2n) is 7.26. The van der Waals surface area contributed by atoms with Gasteiger partial charge in [0.25, 0.3) is 0 Å². The maximum atomic E-state index is 13.0. The molecule has 32 heavy (non-hydrogen) atoms. The van der Waals surface area contributed by atoms with Crippen molar-refractivity contribution >= 4 is 29.3 Å². The van der Waals surface area contributed by atoms with E-state index in [0.717, 1.165) is 5.56 Å². The average molecular weight is 443 g/mol. The summed E-state index contributed by atoms with van der Waals surface area (Å²) in [5.41, 5.74) is 12.1. The van der Waals surface area contributed by atoms with Gasteiger partial charge < -0.3 is 27.4 Å². The Morgan fingerprint density at radius 1 is 0.906 bits per heavy atom. The summed E-state index contributed by atoms with van der Waals surface area (Å²) in [4.78, 5) is 49.2. The molecule has 0 aromatic heterocycles. The predicted octanol–water partition coefficient (Wildman–Crippen LogP) is 0.199. The van der Waals surface area contributed by atoms with Crippen LogP contribution in [0.4, 0.5) is 10.1 Å². The van der Waals surface area contributed by atoms with E-state index in [0.29, 0.717) is 5.69 Å². The fourth-order valence-corrected chi connectivity index (χ4v) is 2.79. The number of carbonyl (C=O) groups excluding carboxylic acids is 4. The molecule has 170 valence electrons. The van der Waals surface area contributed by atoms with Crippen LogP contribution in [0.5, 0.6) is 0 Å². The molecule has 10 heteroatoms. The fraction of sp³-hybridized carbons (Fsp3) is 0.273. The Morgan fingerprint density at radius 2 is 1.50 bits per heavy atom. The molecule has 0 aliphatic heterocycles. The zero-order chi connectivity index (χ0) is 23.7. The molecule has 4 amide bonds. The number of primary amides is 1. The second-order valence-corrected chi connectivity index (χ2v) is 7.26. The molecule has 0 aliphatic rings. The maximum absolute atomic E-state index is 13.0. The van der Waals surface area contributed by atoms with Crippen LogP contribution < -0.4 is 27.4 Å². The first-order valence-electron chi connectivity index (χ1n) is 9.90. The molecule has 0 saturated carbocycles. The smallest absolute Gasteiger partial charge is 0.243 e. The lowest BCUT2D eigenvalue weighted by molar-refractivity contribution is -0.133. The zero-order valence-corrected chi connectivity index (χ0v) is 17.5.